The highest BCUT2D eigenvalue weighted by molar-refractivity contribution is 5.34. The van der Waals surface area contributed by atoms with E-state index in [1.54, 1.807) is 4.90 Å². The van der Waals surface area contributed by atoms with E-state index < -0.39 is 18.5 Å². The Morgan fingerprint density at radius 2 is 1.89 bits per heavy atom. The van der Waals surface area contributed by atoms with E-state index in [-0.39, 0.29) is 11.5 Å². The van der Waals surface area contributed by atoms with Crippen molar-refractivity contribution in [3.63, 3.8) is 0 Å². The van der Waals surface area contributed by atoms with Gasteiger partial charge in [-0.05, 0) is 19.3 Å². The molecule has 1 fully saturated rings. The fourth-order valence-corrected chi connectivity index (χ4v) is 2.00. The largest absolute Gasteiger partial charge is 0.433 e. The van der Waals surface area contributed by atoms with Crippen molar-refractivity contribution in [2.24, 2.45) is 0 Å². The molecule has 0 aromatic carbocycles. The van der Waals surface area contributed by atoms with E-state index in [9.17, 15) is 13.2 Å². The Bertz CT molecular complexity index is 416. The topological polar surface area (TPSA) is 49.3 Å². The van der Waals surface area contributed by atoms with Crippen molar-refractivity contribution in [3.05, 3.63) is 17.5 Å². The molecule has 0 spiro atoms. The molecule has 1 aromatic rings. The van der Waals surface area contributed by atoms with Gasteiger partial charge >= 0.3 is 6.18 Å². The molecule has 1 aromatic heterocycles. The zero-order chi connectivity index (χ0) is 13.2. The smallest absolute Gasteiger partial charge is 0.392 e. The molecule has 1 aliphatic heterocycles. The second-order valence-corrected chi connectivity index (χ2v) is 4.25. The first-order valence-corrected chi connectivity index (χ1v) is 5.81. The van der Waals surface area contributed by atoms with Crippen LogP contribution in [0.3, 0.4) is 0 Å². The highest BCUT2D eigenvalue weighted by Crippen LogP contribution is 2.31. The van der Waals surface area contributed by atoms with Crippen molar-refractivity contribution < 1.29 is 18.3 Å². The van der Waals surface area contributed by atoms with Crippen LogP contribution < -0.4 is 4.90 Å². The molecule has 7 heteroatoms. The number of alkyl halides is 3. The lowest BCUT2D eigenvalue weighted by molar-refractivity contribution is -0.142. The van der Waals surface area contributed by atoms with Crippen LogP contribution in [0.5, 0.6) is 0 Å². The van der Waals surface area contributed by atoms with Gasteiger partial charge in [-0.2, -0.15) is 13.2 Å². The van der Waals surface area contributed by atoms with Crippen LogP contribution in [0.25, 0.3) is 0 Å². The van der Waals surface area contributed by atoms with Crippen LogP contribution >= 0.6 is 0 Å². The van der Waals surface area contributed by atoms with Crippen LogP contribution in [-0.4, -0.2) is 28.2 Å². The van der Waals surface area contributed by atoms with E-state index in [1.807, 2.05) is 0 Å². The first kappa shape index (κ1) is 13.1. The molecule has 1 aliphatic rings. The van der Waals surface area contributed by atoms with Gasteiger partial charge in [-0.1, -0.05) is 0 Å². The third-order valence-corrected chi connectivity index (χ3v) is 2.93. The molecule has 1 N–H and O–H groups in total. The Morgan fingerprint density at radius 1 is 1.22 bits per heavy atom. The molecule has 0 bridgehead atoms. The van der Waals surface area contributed by atoms with Crippen LogP contribution in [0.4, 0.5) is 19.1 Å². The van der Waals surface area contributed by atoms with Crippen molar-refractivity contribution in [1.82, 2.24) is 9.97 Å². The van der Waals surface area contributed by atoms with E-state index in [1.165, 1.54) is 0 Å². The Labute approximate surface area is 102 Å². The third kappa shape index (κ3) is 2.72. The van der Waals surface area contributed by atoms with Crippen molar-refractivity contribution in [1.29, 1.82) is 0 Å². The van der Waals surface area contributed by atoms with Crippen molar-refractivity contribution in [3.8, 4) is 0 Å². The first-order valence-electron chi connectivity index (χ1n) is 5.81. The first-order chi connectivity index (χ1) is 8.52. The zero-order valence-corrected chi connectivity index (χ0v) is 9.74. The molecule has 0 atom stereocenters. The summed E-state index contributed by atoms with van der Waals surface area (Å²) >= 11 is 0. The average molecular weight is 261 g/mol. The third-order valence-electron chi connectivity index (χ3n) is 2.93. The number of hydrogen-bond acceptors (Lipinski definition) is 4. The van der Waals surface area contributed by atoms with E-state index >= 15 is 0 Å². The molecule has 0 unspecified atom stereocenters. The van der Waals surface area contributed by atoms with Gasteiger partial charge in [0.05, 0.1) is 6.61 Å². The van der Waals surface area contributed by atoms with Crippen LogP contribution in [0.15, 0.2) is 6.20 Å². The van der Waals surface area contributed by atoms with Crippen LogP contribution in [0.2, 0.25) is 0 Å². The fourth-order valence-electron chi connectivity index (χ4n) is 2.00. The van der Waals surface area contributed by atoms with Crippen molar-refractivity contribution >= 4 is 5.95 Å². The minimum absolute atomic E-state index is 0.0965. The Morgan fingerprint density at radius 3 is 2.44 bits per heavy atom. The number of aliphatic hydroxyl groups excluding tert-OH is 1. The molecular formula is C11H14F3N3O. The van der Waals surface area contributed by atoms with Gasteiger partial charge in [-0.3, -0.25) is 0 Å². The summed E-state index contributed by atoms with van der Waals surface area (Å²) in [5, 5.41) is 8.89. The number of rotatable bonds is 2. The Hall–Kier alpha value is -1.37. The SMILES string of the molecule is OCc1cnc(N2CCCCC2)nc1C(F)(F)F. The molecular weight excluding hydrogens is 247 g/mol. The Kier molecular flexibility index (Phi) is 3.70. The van der Waals surface area contributed by atoms with Crippen LogP contribution in [0, 0.1) is 0 Å². The highest BCUT2D eigenvalue weighted by Gasteiger charge is 2.36. The number of aliphatic hydroxyl groups is 1. The summed E-state index contributed by atoms with van der Waals surface area (Å²) in [6.45, 7) is 0.640. The highest BCUT2D eigenvalue weighted by atomic mass is 19.4. The Balaban J connectivity index is 2.33. The second-order valence-electron chi connectivity index (χ2n) is 4.25. The van der Waals surface area contributed by atoms with Gasteiger partial charge in [-0.15, -0.1) is 0 Å². The van der Waals surface area contributed by atoms with Gasteiger partial charge in [-0.25, -0.2) is 9.97 Å². The predicted octanol–water partition coefficient (Wildman–Crippen LogP) is 1.98. The van der Waals surface area contributed by atoms with Gasteiger partial charge in [0.1, 0.15) is 0 Å². The average Bonchev–Trinajstić information content (AvgIpc) is 2.38. The van der Waals surface area contributed by atoms with Gasteiger partial charge < -0.3 is 10.0 Å². The van der Waals surface area contributed by atoms with Gasteiger partial charge in [0, 0.05) is 24.8 Å². The molecule has 0 saturated carbocycles. The molecule has 1 saturated heterocycles. The van der Waals surface area contributed by atoms with Crippen LogP contribution in [-0.2, 0) is 12.8 Å². The maximum Gasteiger partial charge on any atom is 0.433 e. The summed E-state index contributed by atoms with van der Waals surface area (Å²) in [5.74, 6) is 0.0965. The molecule has 18 heavy (non-hydrogen) atoms. The quantitative estimate of drug-likeness (QED) is 0.884. The van der Waals surface area contributed by atoms with E-state index in [0.717, 1.165) is 25.5 Å². The van der Waals surface area contributed by atoms with Crippen molar-refractivity contribution in [2.45, 2.75) is 32.0 Å². The maximum absolute atomic E-state index is 12.8. The lowest BCUT2D eigenvalue weighted by Crippen LogP contribution is -2.31. The van der Waals surface area contributed by atoms with Crippen LogP contribution in [0.1, 0.15) is 30.5 Å². The minimum atomic E-state index is -4.56. The summed E-state index contributed by atoms with van der Waals surface area (Å²) in [7, 11) is 0. The summed E-state index contributed by atoms with van der Waals surface area (Å²) < 4.78 is 38.3. The van der Waals surface area contributed by atoms with Gasteiger partial charge in [0.25, 0.3) is 0 Å². The molecule has 2 rings (SSSR count). The molecule has 0 aliphatic carbocycles. The number of piperidine rings is 1. The second kappa shape index (κ2) is 5.09. The summed E-state index contributed by atoms with van der Waals surface area (Å²) in [5.41, 5.74) is -1.33. The minimum Gasteiger partial charge on any atom is -0.392 e. The maximum atomic E-state index is 12.8. The predicted molar refractivity (Wildman–Crippen MR) is 59.0 cm³/mol. The molecule has 2 heterocycles. The summed E-state index contributed by atoms with van der Waals surface area (Å²) in [4.78, 5) is 9.22. The number of nitrogens with zero attached hydrogens (tertiary/aromatic N) is 3. The van der Waals surface area contributed by atoms with E-state index in [2.05, 4.69) is 9.97 Å². The van der Waals surface area contributed by atoms with E-state index in [0.29, 0.717) is 13.1 Å². The van der Waals surface area contributed by atoms with E-state index in [4.69, 9.17) is 5.11 Å². The number of halogens is 3. The number of anilines is 1. The van der Waals surface area contributed by atoms with Crippen molar-refractivity contribution in [2.75, 3.05) is 18.0 Å². The standard InChI is InChI=1S/C11H14F3N3O/c12-11(13,14)9-8(7-18)6-15-10(16-9)17-4-2-1-3-5-17/h6,18H,1-5,7H2. The molecule has 100 valence electrons. The normalized spacial score (nSPS) is 17.0. The zero-order valence-electron chi connectivity index (χ0n) is 9.74. The fraction of sp³-hybridized carbons (Fsp3) is 0.636. The molecule has 0 radical (unpaired) electrons. The lowest BCUT2D eigenvalue weighted by Gasteiger charge is -2.27. The number of aromatic nitrogens is 2. The molecule has 4 nitrogen and oxygen atoms in total. The summed E-state index contributed by atoms with van der Waals surface area (Å²) in [6.07, 6.45) is -0.554. The lowest BCUT2D eigenvalue weighted by atomic mass is 10.1. The number of hydrogen-bond donors (Lipinski definition) is 1. The summed E-state index contributed by atoms with van der Waals surface area (Å²) in [6, 6.07) is 0. The van der Waals surface area contributed by atoms with Gasteiger partial charge in [0.15, 0.2) is 5.69 Å². The monoisotopic (exact) mass is 261 g/mol. The molecule has 0 amide bonds. The van der Waals surface area contributed by atoms with Gasteiger partial charge in [0.2, 0.25) is 5.95 Å².